The summed E-state index contributed by atoms with van der Waals surface area (Å²) in [4.78, 5) is 12.5. The van der Waals surface area contributed by atoms with Gasteiger partial charge in [-0.2, -0.15) is 0 Å². The van der Waals surface area contributed by atoms with E-state index in [1.807, 2.05) is 0 Å². The molecule has 19 heavy (non-hydrogen) atoms. The summed E-state index contributed by atoms with van der Waals surface area (Å²) in [6, 6.07) is 0. The smallest absolute Gasteiger partial charge is 0.312 e. The van der Waals surface area contributed by atoms with Crippen LogP contribution < -0.4 is 0 Å². The average Bonchev–Trinajstić information content (AvgIpc) is 2.43. The highest BCUT2D eigenvalue weighted by Crippen LogP contribution is 2.35. The van der Waals surface area contributed by atoms with Crippen molar-refractivity contribution in [2.75, 3.05) is 0 Å². The fourth-order valence-corrected chi connectivity index (χ4v) is 2.95. The standard InChI is InChI=1S/C16H30O3/c1-4-7-12-16(5-2,6-3)15(18)19-14-10-8-13(17)9-11-14/h13-14,17H,4-12H2,1-3H3. The lowest BCUT2D eigenvalue weighted by Crippen LogP contribution is -2.36. The minimum atomic E-state index is -0.286. The van der Waals surface area contributed by atoms with E-state index >= 15 is 0 Å². The zero-order valence-corrected chi connectivity index (χ0v) is 12.8. The van der Waals surface area contributed by atoms with Gasteiger partial charge in [-0.15, -0.1) is 0 Å². The number of esters is 1. The van der Waals surface area contributed by atoms with Crippen molar-refractivity contribution in [2.45, 2.75) is 90.8 Å². The van der Waals surface area contributed by atoms with Gasteiger partial charge < -0.3 is 9.84 Å². The molecule has 1 rings (SSSR count). The van der Waals surface area contributed by atoms with E-state index in [0.29, 0.717) is 0 Å². The molecule has 0 unspecified atom stereocenters. The third-order valence-corrected chi connectivity index (χ3v) is 4.71. The summed E-state index contributed by atoms with van der Waals surface area (Å²) in [6.07, 6.45) is 7.82. The van der Waals surface area contributed by atoms with Gasteiger partial charge in [0, 0.05) is 0 Å². The van der Waals surface area contributed by atoms with Crippen LogP contribution in [0.1, 0.15) is 78.6 Å². The second-order valence-corrected chi connectivity index (χ2v) is 5.93. The highest BCUT2D eigenvalue weighted by Gasteiger charge is 2.37. The molecule has 0 heterocycles. The van der Waals surface area contributed by atoms with Crippen molar-refractivity contribution in [1.29, 1.82) is 0 Å². The minimum Gasteiger partial charge on any atom is -0.462 e. The largest absolute Gasteiger partial charge is 0.462 e. The number of aliphatic hydroxyl groups excluding tert-OH is 1. The van der Waals surface area contributed by atoms with Crippen molar-refractivity contribution in [3.8, 4) is 0 Å². The number of ether oxygens (including phenoxy) is 1. The SMILES string of the molecule is CCCCC(CC)(CC)C(=O)OC1CCC(O)CC1. The maximum absolute atomic E-state index is 12.5. The topological polar surface area (TPSA) is 46.5 Å². The van der Waals surface area contributed by atoms with E-state index in [1.54, 1.807) is 0 Å². The van der Waals surface area contributed by atoms with Crippen LogP contribution in [0.15, 0.2) is 0 Å². The van der Waals surface area contributed by atoms with Crippen LogP contribution >= 0.6 is 0 Å². The lowest BCUT2D eigenvalue weighted by Gasteiger charge is -2.33. The second-order valence-electron chi connectivity index (χ2n) is 5.93. The molecule has 0 aromatic carbocycles. The molecule has 0 aliphatic heterocycles. The van der Waals surface area contributed by atoms with Gasteiger partial charge in [0.2, 0.25) is 0 Å². The van der Waals surface area contributed by atoms with Crippen LogP contribution in [0.5, 0.6) is 0 Å². The van der Waals surface area contributed by atoms with E-state index < -0.39 is 0 Å². The van der Waals surface area contributed by atoms with E-state index in [0.717, 1.165) is 57.8 Å². The molecular formula is C16H30O3. The Morgan fingerprint density at radius 3 is 2.21 bits per heavy atom. The summed E-state index contributed by atoms with van der Waals surface area (Å²) in [5.41, 5.74) is -0.286. The molecule has 3 heteroatoms. The van der Waals surface area contributed by atoms with Gasteiger partial charge in [0.05, 0.1) is 11.5 Å². The van der Waals surface area contributed by atoms with Gasteiger partial charge in [0.25, 0.3) is 0 Å². The second kappa shape index (κ2) is 7.88. The number of aliphatic hydroxyl groups is 1. The Kier molecular flexibility index (Phi) is 6.84. The molecule has 0 aromatic heterocycles. The molecule has 0 aromatic rings. The van der Waals surface area contributed by atoms with Crippen molar-refractivity contribution in [1.82, 2.24) is 0 Å². The normalized spacial score (nSPS) is 24.2. The molecule has 0 atom stereocenters. The van der Waals surface area contributed by atoms with E-state index in [4.69, 9.17) is 4.74 Å². The van der Waals surface area contributed by atoms with Crippen molar-refractivity contribution in [3.05, 3.63) is 0 Å². The third kappa shape index (κ3) is 4.48. The lowest BCUT2D eigenvalue weighted by molar-refractivity contribution is -0.165. The van der Waals surface area contributed by atoms with Gasteiger partial charge in [-0.05, 0) is 44.9 Å². The van der Waals surface area contributed by atoms with Crippen LogP contribution in [0.25, 0.3) is 0 Å². The van der Waals surface area contributed by atoms with Crippen LogP contribution in [0.4, 0.5) is 0 Å². The predicted molar refractivity (Wildman–Crippen MR) is 76.9 cm³/mol. The number of carbonyl (C=O) groups is 1. The van der Waals surface area contributed by atoms with E-state index in [-0.39, 0.29) is 23.6 Å². The zero-order chi connectivity index (χ0) is 14.3. The first kappa shape index (κ1) is 16.5. The van der Waals surface area contributed by atoms with Crippen LogP contribution in [0.3, 0.4) is 0 Å². The summed E-state index contributed by atoms with van der Waals surface area (Å²) < 4.78 is 5.73. The number of hydrogen-bond donors (Lipinski definition) is 1. The molecule has 3 nitrogen and oxygen atoms in total. The van der Waals surface area contributed by atoms with Crippen molar-refractivity contribution in [2.24, 2.45) is 5.41 Å². The first-order chi connectivity index (χ1) is 9.07. The van der Waals surface area contributed by atoms with Crippen molar-refractivity contribution < 1.29 is 14.6 Å². The molecule has 1 saturated carbocycles. The number of rotatable bonds is 7. The van der Waals surface area contributed by atoms with Crippen LogP contribution in [0, 0.1) is 5.41 Å². The highest BCUT2D eigenvalue weighted by atomic mass is 16.5. The first-order valence-corrected chi connectivity index (χ1v) is 7.97. The molecule has 1 aliphatic carbocycles. The minimum absolute atomic E-state index is 0.00709. The van der Waals surface area contributed by atoms with E-state index in [9.17, 15) is 9.90 Å². The molecular weight excluding hydrogens is 240 g/mol. The van der Waals surface area contributed by atoms with Crippen molar-refractivity contribution in [3.63, 3.8) is 0 Å². The van der Waals surface area contributed by atoms with Crippen LogP contribution in [0.2, 0.25) is 0 Å². The average molecular weight is 270 g/mol. The van der Waals surface area contributed by atoms with Gasteiger partial charge in [0.15, 0.2) is 0 Å². The molecule has 0 spiro atoms. The van der Waals surface area contributed by atoms with E-state index in [1.165, 1.54) is 0 Å². The Labute approximate surface area is 117 Å². The van der Waals surface area contributed by atoms with Gasteiger partial charge >= 0.3 is 5.97 Å². The molecule has 1 fully saturated rings. The van der Waals surface area contributed by atoms with Crippen LogP contribution in [-0.4, -0.2) is 23.3 Å². The Morgan fingerprint density at radius 2 is 1.74 bits per heavy atom. The maximum Gasteiger partial charge on any atom is 0.312 e. The molecule has 1 aliphatic rings. The monoisotopic (exact) mass is 270 g/mol. The Balaban J connectivity index is 2.56. The van der Waals surface area contributed by atoms with Gasteiger partial charge in [-0.25, -0.2) is 0 Å². The summed E-state index contributed by atoms with van der Waals surface area (Å²) in [5, 5.41) is 9.49. The molecule has 0 radical (unpaired) electrons. The number of carbonyl (C=O) groups excluding carboxylic acids is 1. The number of hydrogen-bond acceptors (Lipinski definition) is 3. The molecule has 1 N–H and O–H groups in total. The fraction of sp³-hybridized carbons (Fsp3) is 0.938. The van der Waals surface area contributed by atoms with Gasteiger partial charge in [-0.3, -0.25) is 4.79 Å². The number of unbranched alkanes of at least 4 members (excludes halogenated alkanes) is 1. The first-order valence-electron chi connectivity index (χ1n) is 7.97. The molecule has 0 saturated heterocycles. The third-order valence-electron chi connectivity index (χ3n) is 4.71. The van der Waals surface area contributed by atoms with Crippen molar-refractivity contribution >= 4 is 5.97 Å². The quantitative estimate of drug-likeness (QED) is 0.715. The van der Waals surface area contributed by atoms with Crippen LogP contribution in [-0.2, 0) is 9.53 Å². The van der Waals surface area contributed by atoms with Gasteiger partial charge in [0.1, 0.15) is 6.10 Å². The maximum atomic E-state index is 12.5. The Hall–Kier alpha value is -0.570. The summed E-state index contributed by atoms with van der Waals surface area (Å²) in [5.74, 6) is -0.00709. The zero-order valence-electron chi connectivity index (χ0n) is 12.8. The lowest BCUT2D eigenvalue weighted by atomic mass is 9.78. The predicted octanol–water partition coefficient (Wildman–Crippen LogP) is 3.83. The van der Waals surface area contributed by atoms with Gasteiger partial charge in [-0.1, -0.05) is 33.6 Å². The molecule has 112 valence electrons. The summed E-state index contributed by atoms with van der Waals surface area (Å²) in [7, 11) is 0. The fourth-order valence-electron chi connectivity index (χ4n) is 2.95. The molecule has 0 amide bonds. The molecule has 0 bridgehead atoms. The highest BCUT2D eigenvalue weighted by molar-refractivity contribution is 5.76. The van der Waals surface area contributed by atoms with E-state index in [2.05, 4.69) is 20.8 Å². The Bertz CT molecular complexity index is 263. The Morgan fingerprint density at radius 1 is 1.16 bits per heavy atom. The summed E-state index contributed by atoms with van der Waals surface area (Å²) in [6.45, 7) is 6.33. The summed E-state index contributed by atoms with van der Waals surface area (Å²) >= 11 is 0.